The monoisotopic (exact) mass is 248 g/mol. The highest BCUT2D eigenvalue weighted by Crippen LogP contribution is 2.21. The van der Waals surface area contributed by atoms with Crippen LogP contribution in [0, 0.1) is 12.7 Å². The highest BCUT2D eigenvalue weighted by atomic mass is 19.1. The molecule has 0 radical (unpaired) electrons. The zero-order valence-corrected chi connectivity index (χ0v) is 10.8. The first-order chi connectivity index (χ1) is 8.49. The summed E-state index contributed by atoms with van der Waals surface area (Å²) in [5, 5.41) is 7.94. The van der Waals surface area contributed by atoms with Gasteiger partial charge in [-0.15, -0.1) is 5.10 Å². The third-order valence-electron chi connectivity index (χ3n) is 2.97. The van der Waals surface area contributed by atoms with E-state index in [0.717, 1.165) is 16.8 Å². The van der Waals surface area contributed by atoms with Crippen molar-refractivity contribution in [2.45, 2.75) is 33.2 Å². The molecule has 0 spiro atoms. The molecule has 18 heavy (non-hydrogen) atoms. The average Bonchev–Trinajstić information content (AvgIpc) is 2.64. The summed E-state index contributed by atoms with van der Waals surface area (Å²) in [7, 11) is 0. The average molecular weight is 248 g/mol. The van der Waals surface area contributed by atoms with E-state index in [4.69, 9.17) is 5.73 Å². The molecule has 0 fully saturated rings. The Morgan fingerprint density at radius 3 is 2.72 bits per heavy atom. The van der Waals surface area contributed by atoms with Crippen molar-refractivity contribution in [1.82, 2.24) is 15.0 Å². The van der Waals surface area contributed by atoms with Crippen molar-refractivity contribution >= 4 is 5.82 Å². The van der Waals surface area contributed by atoms with Crippen molar-refractivity contribution in [1.29, 1.82) is 0 Å². The lowest BCUT2D eigenvalue weighted by Crippen LogP contribution is -2.09. The third kappa shape index (κ3) is 2.34. The van der Waals surface area contributed by atoms with E-state index in [1.54, 1.807) is 10.7 Å². The Balaban J connectivity index is 2.34. The van der Waals surface area contributed by atoms with Crippen LogP contribution < -0.4 is 5.73 Å². The number of aromatic nitrogens is 3. The van der Waals surface area contributed by atoms with Gasteiger partial charge in [0.05, 0.1) is 12.2 Å². The van der Waals surface area contributed by atoms with E-state index in [2.05, 4.69) is 10.3 Å². The summed E-state index contributed by atoms with van der Waals surface area (Å²) >= 11 is 0. The van der Waals surface area contributed by atoms with Crippen LogP contribution in [0.15, 0.2) is 18.2 Å². The van der Waals surface area contributed by atoms with Gasteiger partial charge in [0, 0.05) is 0 Å². The molecule has 0 saturated heterocycles. The van der Waals surface area contributed by atoms with Crippen LogP contribution in [-0.2, 0) is 6.54 Å². The van der Waals surface area contributed by atoms with Crippen LogP contribution in [0.2, 0.25) is 0 Å². The molecule has 0 aliphatic heterocycles. The Kier molecular flexibility index (Phi) is 3.32. The van der Waals surface area contributed by atoms with Gasteiger partial charge in [-0.1, -0.05) is 25.1 Å². The zero-order valence-electron chi connectivity index (χ0n) is 10.8. The molecule has 4 nitrogen and oxygen atoms in total. The van der Waals surface area contributed by atoms with E-state index in [9.17, 15) is 4.39 Å². The van der Waals surface area contributed by atoms with Crippen molar-refractivity contribution in [2.75, 3.05) is 5.73 Å². The normalized spacial score (nSPS) is 11.2. The molecule has 2 rings (SSSR count). The van der Waals surface area contributed by atoms with E-state index >= 15 is 0 Å². The first-order valence-corrected chi connectivity index (χ1v) is 5.93. The van der Waals surface area contributed by atoms with Gasteiger partial charge in [0.25, 0.3) is 0 Å². The second-order valence-electron chi connectivity index (χ2n) is 4.74. The van der Waals surface area contributed by atoms with Crippen molar-refractivity contribution in [2.24, 2.45) is 0 Å². The lowest BCUT2D eigenvalue weighted by atomic mass is 10.1. The molecule has 0 aliphatic rings. The molecule has 1 heterocycles. The summed E-state index contributed by atoms with van der Waals surface area (Å²) in [4.78, 5) is 0. The van der Waals surface area contributed by atoms with E-state index in [1.807, 2.05) is 20.8 Å². The van der Waals surface area contributed by atoms with Crippen molar-refractivity contribution in [3.8, 4) is 0 Å². The van der Waals surface area contributed by atoms with Gasteiger partial charge in [-0.05, 0) is 36.1 Å². The topological polar surface area (TPSA) is 56.7 Å². The summed E-state index contributed by atoms with van der Waals surface area (Å²) in [5.74, 6) is 0.490. The molecule has 0 saturated carbocycles. The number of nitrogens with two attached hydrogens (primary N) is 1. The van der Waals surface area contributed by atoms with Gasteiger partial charge in [-0.2, -0.15) is 0 Å². The van der Waals surface area contributed by atoms with Gasteiger partial charge in [0.1, 0.15) is 5.82 Å². The summed E-state index contributed by atoms with van der Waals surface area (Å²) in [6.07, 6.45) is 0. The Morgan fingerprint density at radius 1 is 1.39 bits per heavy atom. The third-order valence-corrected chi connectivity index (χ3v) is 2.97. The van der Waals surface area contributed by atoms with E-state index in [0.29, 0.717) is 12.4 Å². The summed E-state index contributed by atoms with van der Waals surface area (Å²) in [6.45, 7) is 6.53. The van der Waals surface area contributed by atoms with Crippen LogP contribution in [0.4, 0.5) is 10.2 Å². The Labute approximate surface area is 106 Å². The summed E-state index contributed by atoms with van der Waals surface area (Å²) in [6, 6.07) is 4.75. The minimum Gasteiger partial charge on any atom is -0.381 e. The Hall–Kier alpha value is -1.91. The molecule has 2 N–H and O–H groups in total. The van der Waals surface area contributed by atoms with Crippen molar-refractivity contribution < 1.29 is 4.39 Å². The fourth-order valence-electron chi connectivity index (χ4n) is 2.04. The maximum Gasteiger partial charge on any atom is 0.169 e. The molecule has 0 bridgehead atoms. The van der Waals surface area contributed by atoms with Crippen molar-refractivity contribution in [3.63, 3.8) is 0 Å². The predicted octanol–water partition coefficient (Wildman–Crippen LogP) is 2.48. The van der Waals surface area contributed by atoms with Crippen LogP contribution in [0.5, 0.6) is 0 Å². The first-order valence-electron chi connectivity index (χ1n) is 5.93. The van der Waals surface area contributed by atoms with E-state index in [1.165, 1.54) is 12.1 Å². The van der Waals surface area contributed by atoms with Crippen LogP contribution >= 0.6 is 0 Å². The Bertz CT molecular complexity index is 560. The largest absolute Gasteiger partial charge is 0.381 e. The lowest BCUT2D eigenvalue weighted by molar-refractivity contribution is 0.592. The van der Waals surface area contributed by atoms with Crippen LogP contribution in [-0.4, -0.2) is 15.0 Å². The van der Waals surface area contributed by atoms with Gasteiger partial charge in [-0.3, -0.25) is 0 Å². The quantitative estimate of drug-likeness (QED) is 0.907. The number of anilines is 1. The zero-order chi connectivity index (χ0) is 13.3. The number of halogens is 1. The van der Waals surface area contributed by atoms with Gasteiger partial charge < -0.3 is 5.73 Å². The molecule has 5 heteroatoms. The lowest BCUT2D eigenvalue weighted by Gasteiger charge is -2.11. The molecule has 0 aliphatic carbocycles. The van der Waals surface area contributed by atoms with Gasteiger partial charge >= 0.3 is 0 Å². The molecular formula is C13H17FN4. The van der Waals surface area contributed by atoms with Crippen LogP contribution in [0.1, 0.15) is 36.6 Å². The minimum atomic E-state index is -0.224. The maximum atomic E-state index is 13.0. The fourth-order valence-corrected chi connectivity index (χ4v) is 2.04. The minimum absolute atomic E-state index is 0.224. The number of nitrogen functional groups attached to an aromatic ring is 1. The van der Waals surface area contributed by atoms with Crippen LogP contribution in [0.25, 0.3) is 0 Å². The second kappa shape index (κ2) is 4.76. The highest BCUT2D eigenvalue weighted by Gasteiger charge is 2.14. The highest BCUT2D eigenvalue weighted by molar-refractivity contribution is 5.36. The molecule has 1 aromatic heterocycles. The van der Waals surface area contributed by atoms with Crippen molar-refractivity contribution in [3.05, 3.63) is 40.8 Å². The second-order valence-corrected chi connectivity index (χ2v) is 4.74. The summed E-state index contributed by atoms with van der Waals surface area (Å²) < 4.78 is 14.8. The van der Waals surface area contributed by atoms with E-state index < -0.39 is 0 Å². The predicted molar refractivity (Wildman–Crippen MR) is 68.8 cm³/mol. The van der Waals surface area contributed by atoms with Gasteiger partial charge in [0.2, 0.25) is 0 Å². The smallest absolute Gasteiger partial charge is 0.169 e. The van der Waals surface area contributed by atoms with Gasteiger partial charge in [-0.25, -0.2) is 9.07 Å². The molecule has 1 aromatic carbocycles. The number of nitrogens with zero attached hydrogens (tertiary/aromatic N) is 3. The molecule has 2 aromatic rings. The maximum absolute atomic E-state index is 13.0. The molecular weight excluding hydrogens is 231 g/mol. The number of hydrogen-bond donors (Lipinski definition) is 1. The van der Waals surface area contributed by atoms with Crippen LogP contribution in [0.3, 0.4) is 0 Å². The fraction of sp³-hybridized carbons (Fsp3) is 0.385. The van der Waals surface area contributed by atoms with Gasteiger partial charge in [0.15, 0.2) is 5.82 Å². The summed E-state index contributed by atoms with van der Waals surface area (Å²) in [5.41, 5.74) is 8.64. The Morgan fingerprint density at radius 2 is 2.11 bits per heavy atom. The number of rotatable bonds is 3. The molecule has 0 atom stereocenters. The number of benzene rings is 1. The standard InChI is InChI=1S/C13H17FN4/c1-8(2)12-13(15)16-17-18(12)7-10-4-5-11(14)6-9(10)3/h4-6,8H,7,15H2,1-3H3. The number of hydrogen-bond acceptors (Lipinski definition) is 3. The SMILES string of the molecule is Cc1cc(F)ccc1Cn1nnc(N)c1C(C)C. The number of aryl methyl sites for hydroxylation is 1. The molecule has 0 amide bonds. The molecule has 96 valence electrons. The molecule has 0 unspecified atom stereocenters. The van der Waals surface area contributed by atoms with E-state index in [-0.39, 0.29) is 11.7 Å². The first kappa shape index (κ1) is 12.5.